The molecular weight excluding hydrogens is 330 g/mol. The summed E-state index contributed by atoms with van der Waals surface area (Å²) in [5, 5.41) is 6.81. The van der Waals surface area contributed by atoms with E-state index in [1.54, 1.807) is 13.2 Å². The van der Waals surface area contributed by atoms with Crippen LogP contribution in [0.5, 0.6) is 0 Å². The van der Waals surface area contributed by atoms with E-state index >= 15 is 0 Å². The Labute approximate surface area is 125 Å². The number of nitrogens with zero attached hydrogens (tertiary/aromatic N) is 1. The normalized spacial score (nSPS) is 28.3. The van der Waals surface area contributed by atoms with Gasteiger partial charge >= 0.3 is 0 Å². The molecule has 2 atom stereocenters. The molecule has 3 rings (SSSR count). The van der Waals surface area contributed by atoms with Crippen LogP contribution < -0.4 is 10.6 Å². The molecule has 1 aromatic heterocycles. The van der Waals surface area contributed by atoms with E-state index in [9.17, 15) is 4.79 Å². The molecule has 1 aliphatic carbocycles. The van der Waals surface area contributed by atoms with Gasteiger partial charge in [-0.3, -0.25) is 4.79 Å². The number of nitrogens with one attached hydrogen (secondary N) is 2. The molecule has 0 bridgehead atoms. The summed E-state index contributed by atoms with van der Waals surface area (Å²) in [6.45, 7) is 0.818. The zero-order chi connectivity index (χ0) is 13.6. The largest absolute Gasteiger partial charge is 0.369 e. The Kier molecular flexibility index (Phi) is 3.21. The predicted octanol–water partition coefficient (Wildman–Crippen LogP) is 2.71. The lowest BCUT2D eigenvalue weighted by Crippen LogP contribution is -2.30. The summed E-state index contributed by atoms with van der Waals surface area (Å²) in [5.41, 5.74) is 1.04. The minimum atomic E-state index is -0.0413. The maximum absolute atomic E-state index is 11.8. The maximum atomic E-state index is 11.8. The van der Waals surface area contributed by atoms with E-state index in [1.807, 2.05) is 0 Å². The molecule has 4 nitrogen and oxygen atoms in total. The Morgan fingerprint density at radius 2 is 2.47 bits per heavy atom. The van der Waals surface area contributed by atoms with Crippen LogP contribution in [-0.4, -0.2) is 24.5 Å². The molecule has 1 aliphatic heterocycles. The van der Waals surface area contributed by atoms with E-state index in [2.05, 4.69) is 31.5 Å². The van der Waals surface area contributed by atoms with Gasteiger partial charge in [0, 0.05) is 36.7 Å². The number of pyridine rings is 1. The van der Waals surface area contributed by atoms with Crippen LogP contribution in [0, 0.1) is 5.92 Å². The molecule has 0 unspecified atom stereocenters. The number of halogens is 2. The van der Waals surface area contributed by atoms with Crippen LogP contribution in [0.25, 0.3) is 0 Å². The highest BCUT2D eigenvalue weighted by atomic mass is 79.9. The molecule has 102 valence electrons. The first-order chi connectivity index (χ1) is 9.07. The third-order valence-corrected chi connectivity index (χ3v) is 5.55. The third kappa shape index (κ3) is 1.94. The monoisotopic (exact) mass is 343 g/mol. The summed E-state index contributed by atoms with van der Waals surface area (Å²) in [6, 6.07) is 0. The summed E-state index contributed by atoms with van der Waals surface area (Å²) in [5.74, 6) is 1.07. The summed E-state index contributed by atoms with van der Waals surface area (Å²) >= 11 is 9.88. The van der Waals surface area contributed by atoms with Gasteiger partial charge in [0.15, 0.2) is 0 Å². The molecule has 1 fully saturated rings. The van der Waals surface area contributed by atoms with Gasteiger partial charge in [-0.1, -0.05) is 11.6 Å². The van der Waals surface area contributed by atoms with Gasteiger partial charge < -0.3 is 10.6 Å². The van der Waals surface area contributed by atoms with E-state index in [1.165, 1.54) is 0 Å². The smallest absolute Gasteiger partial charge is 0.222 e. The molecule has 6 heteroatoms. The highest BCUT2D eigenvalue weighted by molar-refractivity contribution is 9.10. The van der Waals surface area contributed by atoms with Crippen LogP contribution in [0.2, 0.25) is 5.02 Å². The zero-order valence-electron chi connectivity index (χ0n) is 10.6. The van der Waals surface area contributed by atoms with Gasteiger partial charge in [-0.05, 0) is 35.2 Å². The van der Waals surface area contributed by atoms with Crippen molar-refractivity contribution in [1.82, 2.24) is 10.3 Å². The van der Waals surface area contributed by atoms with Gasteiger partial charge in [-0.2, -0.15) is 0 Å². The first kappa shape index (κ1) is 13.2. The molecule has 19 heavy (non-hydrogen) atoms. The van der Waals surface area contributed by atoms with Crippen LogP contribution in [0.15, 0.2) is 10.7 Å². The number of anilines is 1. The average molecular weight is 345 g/mol. The summed E-state index contributed by atoms with van der Waals surface area (Å²) < 4.78 is 0.819. The molecule has 1 aromatic rings. The highest BCUT2D eigenvalue weighted by Gasteiger charge is 2.48. The number of carbonyl (C=O) groups is 1. The molecule has 1 amide bonds. The van der Waals surface area contributed by atoms with Crippen molar-refractivity contribution in [3.8, 4) is 0 Å². The fourth-order valence-electron chi connectivity index (χ4n) is 3.37. The van der Waals surface area contributed by atoms with Gasteiger partial charge in [-0.15, -0.1) is 0 Å². The summed E-state index contributed by atoms with van der Waals surface area (Å²) in [6.07, 6.45) is 4.44. The second kappa shape index (κ2) is 4.63. The Morgan fingerprint density at radius 1 is 1.68 bits per heavy atom. The molecule has 0 radical (unpaired) electrons. The highest BCUT2D eigenvalue weighted by Crippen LogP contribution is 2.52. The first-order valence-electron chi connectivity index (χ1n) is 6.37. The number of hydrogen-bond acceptors (Lipinski definition) is 3. The van der Waals surface area contributed by atoms with Crippen LogP contribution >= 0.6 is 27.5 Å². The molecule has 2 aliphatic rings. The number of fused-ring (bicyclic) bond motifs is 2. The molecule has 0 aromatic carbocycles. The quantitative estimate of drug-likeness (QED) is 0.823. The molecule has 0 saturated heterocycles. The van der Waals surface area contributed by atoms with E-state index in [0.717, 1.165) is 46.7 Å². The number of amides is 1. The van der Waals surface area contributed by atoms with E-state index in [4.69, 9.17) is 11.6 Å². The van der Waals surface area contributed by atoms with Gasteiger partial charge in [-0.25, -0.2) is 4.98 Å². The lowest BCUT2D eigenvalue weighted by atomic mass is 9.80. The van der Waals surface area contributed by atoms with Crippen molar-refractivity contribution < 1.29 is 4.79 Å². The van der Waals surface area contributed by atoms with Gasteiger partial charge in [0.05, 0.1) is 9.50 Å². The second-order valence-corrected chi connectivity index (χ2v) is 6.56. The number of hydrogen-bond donors (Lipinski definition) is 2. The fourth-order valence-corrected chi connectivity index (χ4v) is 4.01. The van der Waals surface area contributed by atoms with Crippen LogP contribution in [0.4, 0.5) is 5.82 Å². The van der Waals surface area contributed by atoms with Crippen molar-refractivity contribution in [1.29, 1.82) is 0 Å². The predicted molar refractivity (Wildman–Crippen MR) is 78.5 cm³/mol. The first-order valence-corrected chi connectivity index (χ1v) is 7.54. The summed E-state index contributed by atoms with van der Waals surface area (Å²) in [7, 11) is 1.69. The van der Waals surface area contributed by atoms with E-state index in [0.29, 0.717) is 0 Å². The van der Waals surface area contributed by atoms with Crippen molar-refractivity contribution in [2.45, 2.75) is 24.7 Å². The lowest BCUT2D eigenvalue weighted by Gasteiger charge is -2.24. The molecule has 2 N–H and O–H groups in total. The van der Waals surface area contributed by atoms with E-state index < -0.39 is 0 Å². The third-order valence-electron chi connectivity index (χ3n) is 4.32. The van der Waals surface area contributed by atoms with Crippen molar-refractivity contribution in [2.75, 3.05) is 18.9 Å². The Hall–Kier alpha value is -0.810. The SMILES string of the molecule is CNC(=O)[C@H]1CC[C@@]2(CNc3ncc(Br)c(Cl)c32)C1. The van der Waals surface area contributed by atoms with Crippen molar-refractivity contribution in [2.24, 2.45) is 5.92 Å². The standard InChI is InChI=1S/C13H15BrClN3O/c1-16-12(19)7-2-3-13(4-7)6-18-11-9(13)10(15)8(14)5-17-11/h5,7H,2-4,6H2,1H3,(H,16,19)(H,17,18)/t7-,13-/m0/s1. The van der Waals surface area contributed by atoms with Crippen molar-refractivity contribution in [3.63, 3.8) is 0 Å². The molecule has 1 saturated carbocycles. The minimum Gasteiger partial charge on any atom is -0.369 e. The molecular formula is C13H15BrClN3O. The average Bonchev–Trinajstić information content (AvgIpc) is 3.00. The zero-order valence-corrected chi connectivity index (χ0v) is 12.9. The fraction of sp³-hybridized carbons (Fsp3) is 0.538. The lowest BCUT2D eigenvalue weighted by molar-refractivity contribution is -0.124. The minimum absolute atomic E-state index is 0.0413. The van der Waals surface area contributed by atoms with Crippen molar-refractivity contribution in [3.05, 3.63) is 21.3 Å². The Bertz CT molecular complexity index is 551. The van der Waals surface area contributed by atoms with E-state index in [-0.39, 0.29) is 17.2 Å². The molecule has 2 heterocycles. The second-order valence-electron chi connectivity index (χ2n) is 5.33. The Balaban J connectivity index is 1.99. The number of aromatic nitrogens is 1. The van der Waals surface area contributed by atoms with Crippen molar-refractivity contribution >= 4 is 39.3 Å². The topological polar surface area (TPSA) is 54.0 Å². The maximum Gasteiger partial charge on any atom is 0.222 e. The summed E-state index contributed by atoms with van der Waals surface area (Å²) in [4.78, 5) is 16.2. The van der Waals surface area contributed by atoms with Crippen LogP contribution in [-0.2, 0) is 10.2 Å². The van der Waals surface area contributed by atoms with Crippen LogP contribution in [0.1, 0.15) is 24.8 Å². The number of rotatable bonds is 1. The molecule has 1 spiro atoms. The van der Waals surface area contributed by atoms with Crippen LogP contribution in [0.3, 0.4) is 0 Å². The Morgan fingerprint density at radius 3 is 3.21 bits per heavy atom. The number of carbonyl (C=O) groups excluding carboxylic acids is 1. The van der Waals surface area contributed by atoms with Gasteiger partial charge in [0.1, 0.15) is 5.82 Å². The van der Waals surface area contributed by atoms with Gasteiger partial charge in [0.2, 0.25) is 5.91 Å². The van der Waals surface area contributed by atoms with Gasteiger partial charge in [0.25, 0.3) is 0 Å².